The fourth-order valence-corrected chi connectivity index (χ4v) is 2.04. The molecule has 6 heteroatoms. The predicted octanol–water partition coefficient (Wildman–Crippen LogP) is 2.21. The number of carbonyl (C=O) groups is 2. The molecule has 0 amide bonds. The fourth-order valence-electron chi connectivity index (χ4n) is 1.37. The van der Waals surface area contributed by atoms with Crippen molar-refractivity contribution in [2.45, 2.75) is 6.92 Å². The van der Waals surface area contributed by atoms with E-state index in [-0.39, 0.29) is 12.2 Å². The third-order valence-electron chi connectivity index (χ3n) is 2.19. The summed E-state index contributed by atoms with van der Waals surface area (Å²) in [7, 11) is 2.93. The molecule has 0 spiro atoms. The van der Waals surface area contributed by atoms with Crippen LogP contribution in [0.4, 0.5) is 0 Å². The zero-order valence-electron chi connectivity index (χ0n) is 10.3. The topological polar surface area (TPSA) is 61.8 Å². The summed E-state index contributed by atoms with van der Waals surface area (Å²) in [6, 6.07) is 3.03. The first-order valence-corrected chi connectivity index (χ1v) is 5.98. The Balaban J connectivity index is 3.19. The monoisotopic (exact) mass is 316 g/mol. The van der Waals surface area contributed by atoms with E-state index in [0.717, 1.165) is 0 Å². The van der Waals surface area contributed by atoms with Gasteiger partial charge in [0.2, 0.25) is 0 Å². The van der Waals surface area contributed by atoms with Crippen LogP contribution < -0.4 is 9.47 Å². The Labute approximate surface area is 113 Å². The van der Waals surface area contributed by atoms with Crippen LogP contribution in [0.25, 0.3) is 0 Å². The lowest BCUT2D eigenvalue weighted by Gasteiger charge is -2.11. The first-order chi connectivity index (χ1) is 8.56. The van der Waals surface area contributed by atoms with E-state index in [9.17, 15) is 9.59 Å². The van der Waals surface area contributed by atoms with Gasteiger partial charge in [-0.3, -0.25) is 4.79 Å². The average molecular weight is 317 g/mol. The number of benzene rings is 1. The van der Waals surface area contributed by atoms with Crippen LogP contribution in [0.3, 0.4) is 0 Å². The molecule has 0 atom stereocenters. The average Bonchev–Trinajstić information content (AvgIpc) is 2.37. The molecule has 5 nitrogen and oxygen atoms in total. The van der Waals surface area contributed by atoms with Crippen molar-refractivity contribution in [3.63, 3.8) is 0 Å². The van der Waals surface area contributed by atoms with Gasteiger partial charge in [-0.05, 0) is 35.0 Å². The van der Waals surface area contributed by atoms with E-state index in [1.54, 1.807) is 13.0 Å². The molecule has 0 saturated carbocycles. The molecule has 0 N–H and O–H groups in total. The highest BCUT2D eigenvalue weighted by Crippen LogP contribution is 2.37. The van der Waals surface area contributed by atoms with E-state index < -0.39 is 11.8 Å². The predicted molar refractivity (Wildman–Crippen MR) is 68.2 cm³/mol. The van der Waals surface area contributed by atoms with Gasteiger partial charge >= 0.3 is 5.97 Å². The molecule has 0 aromatic heterocycles. The van der Waals surface area contributed by atoms with E-state index in [2.05, 4.69) is 20.7 Å². The van der Waals surface area contributed by atoms with Crippen molar-refractivity contribution in [3.05, 3.63) is 22.2 Å². The summed E-state index contributed by atoms with van der Waals surface area (Å²) in [4.78, 5) is 23.2. The first kappa shape index (κ1) is 14.5. The van der Waals surface area contributed by atoms with Crippen LogP contribution in [0.15, 0.2) is 16.6 Å². The molecule has 0 aliphatic rings. The second-order valence-corrected chi connectivity index (χ2v) is 4.01. The van der Waals surface area contributed by atoms with Gasteiger partial charge in [-0.1, -0.05) is 0 Å². The summed E-state index contributed by atoms with van der Waals surface area (Å²) in [6.07, 6.45) is 0. The standard InChI is InChI=1S/C12H13BrO5/c1-4-18-12(15)10(14)7-5-6-8(16-2)11(17-3)9(7)13/h5-6H,4H2,1-3H3. The lowest BCUT2D eigenvalue weighted by atomic mass is 10.1. The van der Waals surface area contributed by atoms with Gasteiger partial charge in [0.1, 0.15) is 0 Å². The molecule has 98 valence electrons. The summed E-state index contributed by atoms with van der Waals surface area (Å²) in [5, 5.41) is 0. The van der Waals surface area contributed by atoms with Crippen molar-refractivity contribution in [2.75, 3.05) is 20.8 Å². The van der Waals surface area contributed by atoms with Crippen LogP contribution >= 0.6 is 15.9 Å². The highest BCUT2D eigenvalue weighted by molar-refractivity contribution is 9.10. The largest absolute Gasteiger partial charge is 0.493 e. The maximum Gasteiger partial charge on any atom is 0.379 e. The van der Waals surface area contributed by atoms with Gasteiger partial charge in [0, 0.05) is 5.56 Å². The number of carbonyl (C=O) groups excluding carboxylic acids is 2. The Kier molecular flexibility index (Phi) is 5.15. The van der Waals surface area contributed by atoms with Gasteiger partial charge in [-0.2, -0.15) is 0 Å². The van der Waals surface area contributed by atoms with Crippen LogP contribution in [0.5, 0.6) is 11.5 Å². The molecule has 0 aliphatic carbocycles. The highest BCUT2D eigenvalue weighted by Gasteiger charge is 2.23. The maximum atomic E-state index is 11.8. The molecule has 1 aromatic rings. The van der Waals surface area contributed by atoms with E-state index in [1.807, 2.05) is 0 Å². The summed E-state index contributed by atoms with van der Waals surface area (Å²) in [5.74, 6) is -0.812. The van der Waals surface area contributed by atoms with Crippen LogP contribution in [0, 0.1) is 0 Å². The molecular formula is C12H13BrO5. The van der Waals surface area contributed by atoms with Crippen molar-refractivity contribution in [3.8, 4) is 11.5 Å². The summed E-state index contributed by atoms with van der Waals surface area (Å²) in [6.45, 7) is 1.78. The molecule has 1 aromatic carbocycles. The smallest absolute Gasteiger partial charge is 0.379 e. The molecule has 0 saturated heterocycles. The van der Waals surface area contributed by atoms with E-state index in [1.165, 1.54) is 20.3 Å². The number of hydrogen-bond donors (Lipinski definition) is 0. The van der Waals surface area contributed by atoms with Gasteiger partial charge in [0.05, 0.1) is 25.3 Å². The Morgan fingerprint density at radius 2 is 1.89 bits per heavy atom. The minimum absolute atomic E-state index is 0.148. The molecule has 18 heavy (non-hydrogen) atoms. The Morgan fingerprint density at radius 1 is 1.22 bits per heavy atom. The molecule has 1 rings (SSSR count). The zero-order chi connectivity index (χ0) is 13.7. The zero-order valence-corrected chi connectivity index (χ0v) is 11.9. The quantitative estimate of drug-likeness (QED) is 0.473. The van der Waals surface area contributed by atoms with Crippen molar-refractivity contribution >= 4 is 27.7 Å². The number of esters is 1. The highest BCUT2D eigenvalue weighted by atomic mass is 79.9. The van der Waals surface area contributed by atoms with Gasteiger partial charge < -0.3 is 14.2 Å². The number of methoxy groups -OCH3 is 2. The van der Waals surface area contributed by atoms with E-state index >= 15 is 0 Å². The summed E-state index contributed by atoms with van der Waals surface area (Å²) in [5.41, 5.74) is 0.172. The SMILES string of the molecule is CCOC(=O)C(=O)c1ccc(OC)c(OC)c1Br. The lowest BCUT2D eigenvalue weighted by Crippen LogP contribution is -2.18. The van der Waals surface area contributed by atoms with Crippen molar-refractivity contribution in [1.82, 2.24) is 0 Å². The number of hydrogen-bond acceptors (Lipinski definition) is 5. The number of halogens is 1. The molecule has 0 heterocycles. The summed E-state index contributed by atoms with van der Waals surface area (Å²) >= 11 is 3.22. The van der Waals surface area contributed by atoms with Crippen molar-refractivity contribution in [2.24, 2.45) is 0 Å². The van der Waals surface area contributed by atoms with Crippen molar-refractivity contribution < 1.29 is 23.8 Å². The molecule has 0 aliphatic heterocycles. The van der Waals surface area contributed by atoms with E-state index in [4.69, 9.17) is 9.47 Å². The van der Waals surface area contributed by atoms with Crippen LogP contribution in [-0.4, -0.2) is 32.6 Å². The lowest BCUT2D eigenvalue weighted by molar-refractivity contribution is -0.137. The minimum Gasteiger partial charge on any atom is -0.493 e. The minimum atomic E-state index is -0.898. The van der Waals surface area contributed by atoms with Gasteiger partial charge in [0.25, 0.3) is 5.78 Å². The molecule has 0 fully saturated rings. The number of ketones is 1. The fraction of sp³-hybridized carbons (Fsp3) is 0.333. The molecule has 0 bridgehead atoms. The van der Waals surface area contributed by atoms with Crippen LogP contribution in [0.1, 0.15) is 17.3 Å². The van der Waals surface area contributed by atoms with Gasteiger partial charge in [-0.15, -0.1) is 0 Å². The second kappa shape index (κ2) is 6.39. The van der Waals surface area contributed by atoms with Crippen LogP contribution in [-0.2, 0) is 9.53 Å². The van der Waals surface area contributed by atoms with E-state index in [0.29, 0.717) is 16.0 Å². The number of ether oxygens (including phenoxy) is 3. The molecule has 0 radical (unpaired) electrons. The maximum absolute atomic E-state index is 11.8. The van der Waals surface area contributed by atoms with Crippen molar-refractivity contribution in [1.29, 1.82) is 0 Å². The van der Waals surface area contributed by atoms with Gasteiger partial charge in [0.15, 0.2) is 11.5 Å². The third kappa shape index (κ3) is 2.81. The Morgan fingerprint density at radius 3 is 2.39 bits per heavy atom. The van der Waals surface area contributed by atoms with Crippen LogP contribution in [0.2, 0.25) is 0 Å². The normalized spacial score (nSPS) is 9.78. The molecule has 0 unspecified atom stereocenters. The second-order valence-electron chi connectivity index (χ2n) is 3.21. The first-order valence-electron chi connectivity index (χ1n) is 5.18. The Hall–Kier alpha value is -1.56. The van der Waals surface area contributed by atoms with Gasteiger partial charge in [-0.25, -0.2) is 4.79 Å². The molecular weight excluding hydrogens is 304 g/mol. The summed E-state index contributed by atoms with van der Waals surface area (Å²) < 4.78 is 15.2. The Bertz CT molecular complexity index is 470. The number of rotatable bonds is 5. The number of Topliss-reactive ketones (excluding diaryl/α,β-unsaturated/α-hetero) is 1. The third-order valence-corrected chi connectivity index (χ3v) is 2.98.